The van der Waals surface area contributed by atoms with Crippen molar-refractivity contribution in [3.8, 4) is 12.1 Å². The first-order valence-electron chi connectivity index (χ1n) is 5.49. The number of nitrogens with zero attached hydrogens (tertiary/aromatic N) is 4. The second-order valence-electron chi connectivity index (χ2n) is 3.66. The monoisotopic (exact) mass is 247 g/mol. The van der Waals surface area contributed by atoms with Crippen molar-refractivity contribution in [3.63, 3.8) is 0 Å². The highest BCUT2D eigenvalue weighted by atomic mass is 15.4. The molecule has 19 heavy (non-hydrogen) atoms. The Hall–Kier alpha value is -3.18. The maximum absolute atomic E-state index is 8.66. The molecule has 2 aromatic carbocycles. The Morgan fingerprint density at radius 3 is 1.84 bits per heavy atom. The van der Waals surface area contributed by atoms with Crippen LogP contribution in [-0.4, -0.2) is 0 Å². The lowest BCUT2D eigenvalue weighted by Crippen LogP contribution is -1.86. The fourth-order valence-electron chi connectivity index (χ4n) is 1.36. The van der Waals surface area contributed by atoms with Gasteiger partial charge in [-0.25, -0.2) is 0 Å². The van der Waals surface area contributed by atoms with E-state index in [4.69, 9.17) is 10.5 Å². The van der Waals surface area contributed by atoms with Gasteiger partial charge in [0.2, 0.25) is 0 Å². The highest BCUT2D eigenvalue weighted by Gasteiger charge is 1.93. The van der Waals surface area contributed by atoms with Crippen LogP contribution in [0.1, 0.15) is 11.1 Å². The summed E-state index contributed by atoms with van der Waals surface area (Å²) in [5.41, 5.74) is 5.33. The second kappa shape index (κ2) is 5.95. The summed E-state index contributed by atoms with van der Waals surface area (Å²) in [5.74, 6) is 0. The van der Waals surface area contributed by atoms with Crippen LogP contribution in [0.25, 0.3) is 0 Å². The van der Waals surface area contributed by atoms with Gasteiger partial charge in [0.15, 0.2) is 0 Å². The normalized spacial score (nSPS) is 9.79. The molecule has 0 fully saturated rings. The third-order valence-electron chi connectivity index (χ3n) is 2.35. The van der Waals surface area contributed by atoms with Crippen molar-refractivity contribution in [2.45, 2.75) is 0 Å². The van der Waals surface area contributed by atoms with Gasteiger partial charge in [0.25, 0.3) is 0 Å². The Balaban J connectivity index is 1.99. The lowest BCUT2D eigenvalue weighted by Gasteiger charge is -1.98. The smallest absolute Gasteiger partial charge is 0.0991 e. The second-order valence-corrected chi connectivity index (χ2v) is 3.66. The molecule has 0 aliphatic rings. The molecule has 0 unspecified atom stereocenters. The fraction of sp³-hybridized carbons (Fsp3) is 0. The molecule has 5 nitrogen and oxygen atoms in total. The van der Waals surface area contributed by atoms with E-state index in [9.17, 15) is 0 Å². The van der Waals surface area contributed by atoms with E-state index in [1.54, 1.807) is 48.5 Å². The number of anilines is 1. The maximum Gasteiger partial charge on any atom is 0.0991 e. The number of nitriles is 2. The first kappa shape index (κ1) is 12.3. The topological polar surface area (TPSA) is 84.3 Å². The van der Waals surface area contributed by atoms with Gasteiger partial charge in [-0.05, 0) is 48.5 Å². The molecule has 2 aromatic rings. The average molecular weight is 247 g/mol. The SMILES string of the molecule is N#Cc1ccc(/N=N/Nc2ccc(C#N)cc2)cc1. The van der Waals surface area contributed by atoms with Crippen molar-refractivity contribution < 1.29 is 0 Å². The van der Waals surface area contributed by atoms with Crippen LogP contribution in [0.4, 0.5) is 11.4 Å². The molecule has 0 spiro atoms. The van der Waals surface area contributed by atoms with Crippen molar-refractivity contribution in [1.29, 1.82) is 10.5 Å². The molecule has 0 aliphatic carbocycles. The quantitative estimate of drug-likeness (QED) is 0.664. The van der Waals surface area contributed by atoms with Gasteiger partial charge in [-0.15, -0.1) is 5.11 Å². The van der Waals surface area contributed by atoms with E-state index in [0.29, 0.717) is 16.8 Å². The molecule has 0 bridgehead atoms. The molecule has 0 heterocycles. The van der Waals surface area contributed by atoms with Gasteiger partial charge in [0.1, 0.15) is 0 Å². The lowest BCUT2D eigenvalue weighted by molar-refractivity contribution is 1.13. The highest BCUT2D eigenvalue weighted by Crippen LogP contribution is 2.14. The number of rotatable bonds is 3. The Morgan fingerprint density at radius 1 is 0.789 bits per heavy atom. The minimum Gasteiger partial charge on any atom is -0.260 e. The molecule has 90 valence electrons. The molecule has 0 saturated heterocycles. The number of benzene rings is 2. The molecular weight excluding hydrogens is 238 g/mol. The number of nitrogens with one attached hydrogen (secondary N) is 1. The van der Waals surface area contributed by atoms with E-state index in [1.165, 1.54) is 0 Å². The largest absolute Gasteiger partial charge is 0.260 e. The van der Waals surface area contributed by atoms with Gasteiger partial charge >= 0.3 is 0 Å². The minimum atomic E-state index is 0.582. The number of hydrogen-bond acceptors (Lipinski definition) is 4. The summed E-state index contributed by atoms with van der Waals surface area (Å²) in [6.45, 7) is 0. The molecule has 0 atom stereocenters. The van der Waals surface area contributed by atoms with Gasteiger partial charge in [-0.3, -0.25) is 5.43 Å². The van der Waals surface area contributed by atoms with Crippen molar-refractivity contribution in [3.05, 3.63) is 59.7 Å². The molecule has 0 radical (unpaired) electrons. The van der Waals surface area contributed by atoms with E-state index >= 15 is 0 Å². The standard InChI is InChI=1S/C14H9N5/c15-9-11-1-5-13(6-2-11)17-19-18-14-7-3-12(10-16)4-8-14/h1-8H,(H,17,18). The molecule has 0 aliphatic heterocycles. The summed E-state index contributed by atoms with van der Waals surface area (Å²) in [6.07, 6.45) is 0. The zero-order chi connectivity index (χ0) is 13.5. The summed E-state index contributed by atoms with van der Waals surface area (Å²) < 4.78 is 0. The molecule has 0 amide bonds. The Morgan fingerprint density at radius 2 is 1.32 bits per heavy atom. The van der Waals surface area contributed by atoms with Gasteiger partial charge in [0, 0.05) is 0 Å². The van der Waals surface area contributed by atoms with Gasteiger partial charge in [0.05, 0.1) is 34.6 Å². The summed E-state index contributed by atoms with van der Waals surface area (Å²) in [7, 11) is 0. The zero-order valence-electron chi connectivity index (χ0n) is 9.91. The predicted molar refractivity (Wildman–Crippen MR) is 70.5 cm³/mol. The Bertz CT molecular complexity index is 657. The van der Waals surface area contributed by atoms with Crippen LogP contribution in [0, 0.1) is 22.7 Å². The van der Waals surface area contributed by atoms with Crippen LogP contribution < -0.4 is 5.43 Å². The average Bonchev–Trinajstić information content (AvgIpc) is 2.49. The van der Waals surface area contributed by atoms with Gasteiger partial charge in [-0.1, -0.05) is 5.22 Å². The summed E-state index contributed by atoms with van der Waals surface area (Å²) in [4.78, 5) is 0. The summed E-state index contributed by atoms with van der Waals surface area (Å²) in [5, 5.41) is 25.1. The van der Waals surface area contributed by atoms with Crippen molar-refractivity contribution in [2.75, 3.05) is 5.43 Å². The van der Waals surface area contributed by atoms with E-state index in [2.05, 4.69) is 15.8 Å². The highest BCUT2D eigenvalue weighted by molar-refractivity contribution is 5.47. The third-order valence-corrected chi connectivity index (χ3v) is 2.35. The Kier molecular flexibility index (Phi) is 3.84. The van der Waals surface area contributed by atoms with Crippen LogP contribution in [0.5, 0.6) is 0 Å². The van der Waals surface area contributed by atoms with E-state index < -0.39 is 0 Å². The zero-order valence-corrected chi connectivity index (χ0v) is 9.91. The van der Waals surface area contributed by atoms with Gasteiger partial charge in [-0.2, -0.15) is 10.5 Å². The molecule has 1 N–H and O–H groups in total. The first-order chi connectivity index (χ1) is 9.31. The van der Waals surface area contributed by atoms with Crippen LogP contribution >= 0.6 is 0 Å². The summed E-state index contributed by atoms with van der Waals surface area (Å²) >= 11 is 0. The molecular formula is C14H9N5. The maximum atomic E-state index is 8.66. The van der Waals surface area contributed by atoms with Crippen molar-refractivity contribution in [2.24, 2.45) is 10.3 Å². The van der Waals surface area contributed by atoms with Crippen molar-refractivity contribution >= 4 is 11.4 Å². The van der Waals surface area contributed by atoms with Crippen LogP contribution in [0.3, 0.4) is 0 Å². The van der Waals surface area contributed by atoms with Crippen molar-refractivity contribution in [1.82, 2.24) is 0 Å². The van der Waals surface area contributed by atoms with E-state index in [0.717, 1.165) is 5.69 Å². The van der Waals surface area contributed by atoms with Crippen LogP contribution in [-0.2, 0) is 0 Å². The predicted octanol–water partition coefficient (Wildman–Crippen LogP) is 3.54. The summed E-state index contributed by atoms with van der Waals surface area (Å²) in [6, 6.07) is 17.7. The number of hydrogen-bond donors (Lipinski definition) is 1. The molecule has 0 saturated carbocycles. The molecule has 2 rings (SSSR count). The van der Waals surface area contributed by atoms with E-state index in [1.807, 2.05) is 12.1 Å². The van der Waals surface area contributed by atoms with Gasteiger partial charge < -0.3 is 0 Å². The molecule has 0 aromatic heterocycles. The third kappa shape index (κ3) is 3.39. The van der Waals surface area contributed by atoms with Crippen LogP contribution in [0.15, 0.2) is 58.9 Å². The minimum absolute atomic E-state index is 0.582. The molecule has 5 heteroatoms. The first-order valence-corrected chi connectivity index (χ1v) is 5.49. The Labute approximate surface area is 110 Å². The van der Waals surface area contributed by atoms with E-state index in [-0.39, 0.29) is 0 Å². The lowest BCUT2D eigenvalue weighted by atomic mass is 10.2. The van der Waals surface area contributed by atoms with Crippen LogP contribution in [0.2, 0.25) is 0 Å². The fourth-order valence-corrected chi connectivity index (χ4v) is 1.36.